The number of hydrogen-bond donors (Lipinski definition) is 3. The van der Waals surface area contributed by atoms with Crippen molar-refractivity contribution in [3.05, 3.63) is 29.3 Å². The predicted molar refractivity (Wildman–Crippen MR) is 83.3 cm³/mol. The highest BCUT2D eigenvalue weighted by Gasteiger charge is 2.36. The van der Waals surface area contributed by atoms with E-state index in [-0.39, 0.29) is 6.54 Å². The zero-order valence-corrected chi connectivity index (χ0v) is 13.1. The van der Waals surface area contributed by atoms with Gasteiger partial charge in [-0.15, -0.1) is 0 Å². The molecule has 2 aliphatic rings. The maximum absolute atomic E-state index is 12.1. The Morgan fingerprint density at radius 3 is 3.04 bits per heavy atom. The summed E-state index contributed by atoms with van der Waals surface area (Å²) < 4.78 is 5.22. The van der Waals surface area contributed by atoms with Crippen LogP contribution >= 0.6 is 0 Å². The molecule has 1 aromatic rings. The third kappa shape index (κ3) is 2.96. The van der Waals surface area contributed by atoms with Crippen LogP contribution in [0.2, 0.25) is 0 Å². The Hall–Kier alpha value is -2.28. The molecule has 7 heteroatoms. The van der Waals surface area contributed by atoms with E-state index in [2.05, 4.69) is 10.6 Å². The number of rotatable bonds is 3. The van der Waals surface area contributed by atoms with Crippen molar-refractivity contribution in [2.75, 3.05) is 26.7 Å². The van der Waals surface area contributed by atoms with Crippen LogP contribution in [-0.4, -0.2) is 48.8 Å². The lowest BCUT2D eigenvalue weighted by molar-refractivity contribution is 0.0209. The first-order valence-electron chi connectivity index (χ1n) is 7.76. The summed E-state index contributed by atoms with van der Waals surface area (Å²) in [6, 6.07) is 4.71. The first-order valence-corrected chi connectivity index (χ1v) is 7.76. The van der Waals surface area contributed by atoms with Crippen molar-refractivity contribution in [1.29, 1.82) is 0 Å². The largest absolute Gasteiger partial charge is 0.497 e. The van der Waals surface area contributed by atoms with Crippen LogP contribution in [0.15, 0.2) is 18.2 Å². The standard InChI is InChI=1S/C16H21N3O4/c1-23-12-4-5-13-11(9-12)3-2-6-16(13,22)10-18-15(21)19-8-7-17-14(19)20/h4-5,9,22H,2-3,6-8,10H2,1H3,(H,17,20)(H,18,21)/t16-/m0/s1. The normalized spacial score (nSPS) is 23.2. The van der Waals surface area contributed by atoms with Gasteiger partial charge in [0.15, 0.2) is 0 Å². The molecule has 7 nitrogen and oxygen atoms in total. The van der Waals surface area contributed by atoms with Crippen LogP contribution in [0.3, 0.4) is 0 Å². The van der Waals surface area contributed by atoms with Gasteiger partial charge in [0.2, 0.25) is 0 Å². The molecule has 4 amide bonds. The van der Waals surface area contributed by atoms with Crippen LogP contribution < -0.4 is 15.4 Å². The Labute approximate surface area is 134 Å². The van der Waals surface area contributed by atoms with E-state index in [4.69, 9.17) is 4.74 Å². The lowest BCUT2D eigenvalue weighted by atomic mass is 9.79. The molecule has 0 radical (unpaired) electrons. The van der Waals surface area contributed by atoms with E-state index < -0.39 is 17.7 Å². The molecule has 1 aliphatic heterocycles. The van der Waals surface area contributed by atoms with Crippen LogP contribution in [0.25, 0.3) is 0 Å². The summed E-state index contributed by atoms with van der Waals surface area (Å²) in [7, 11) is 1.61. The van der Waals surface area contributed by atoms with Gasteiger partial charge in [0, 0.05) is 13.1 Å². The molecule has 3 N–H and O–H groups in total. The van der Waals surface area contributed by atoms with Crippen molar-refractivity contribution >= 4 is 12.1 Å². The number of aliphatic hydroxyl groups is 1. The fraction of sp³-hybridized carbons (Fsp3) is 0.500. The van der Waals surface area contributed by atoms with Gasteiger partial charge in [-0.1, -0.05) is 6.07 Å². The second kappa shape index (κ2) is 6.08. The number of amides is 4. The Bertz CT molecular complexity index is 634. The second-order valence-corrected chi connectivity index (χ2v) is 5.95. The maximum Gasteiger partial charge on any atom is 0.325 e. The summed E-state index contributed by atoms with van der Waals surface area (Å²) in [6.07, 6.45) is 2.27. The second-order valence-electron chi connectivity index (χ2n) is 5.95. The summed E-state index contributed by atoms with van der Waals surface area (Å²) >= 11 is 0. The number of urea groups is 2. The number of ether oxygens (including phenoxy) is 1. The van der Waals surface area contributed by atoms with Crippen molar-refractivity contribution < 1.29 is 19.4 Å². The van der Waals surface area contributed by atoms with Gasteiger partial charge in [-0.05, 0) is 42.5 Å². The highest BCUT2D eigenvalue weighted by Crippen LogP contribution is 2.36. The summed E-state index contributed by atoms with van der Waals surface area (Å²) in [6.45, 7) is 0.880. The van der Waals surface area contributed by atoms with Gasteiger partial charge >= 0.3 is 12.1 Å². The van der Waals surface area contributed by atoms with E-state index in [1.807, 2.05) is 18.2 Å². The van der Waals surface area contributed by atoms with Gasteiger partial charge in [-0.3, -0.25) is 0 Å². The van der Waals surface area contributed by atoms with Crippen LogP contribution in [0.4, 0.5) is 9.59 Å². The fourth-order valence-electron chi connectivity index (χ4n) is 3.23. The Kier molecular flexibility index (Phi) is 4.12. The zero-order valence-electron chi connectivity index (χ0n) is 13.1. The van der Waals surface area contributed by atoms with Crippen molar-refractivity contribution in [3.8, 4) is 5.75 Å². The number of aryl methyl sites for hydroxylation is 1. The SMILES string of the molecule is COc1ccc2c(c1)CCC[C@]2(O)CNC(=O)N1CCNC1=O. The average Bonchev–Trinajstić information content (AvgIpc) is 2.99. The van der Waals surface area contributed by atoms with Crippen molar-refractivity contribution in [1.82, 2.24) is 15.5 Å². The smallest absolute Gasteiger partial charge is 0.325 e. The molecule has 0 unspecified atom stereocenters. The third-order valence-corrected chi connectivity index (χ3v) is 4.48. The summed E-state index contributed by atoms with van der Waals surface area (Å²) in [4.78, 5) is 24.7. The number of nitrogens with zero attached hydrogens (tertiary/aromatic N) is 1. The van der Waals surface area contributed by atoms with E-state index in [0.717, 1.165) is 34.6 Å². The lowest BCUT2D eigenvalue weighted by Gasteiger charge is -2.35. The number of hydrogen-bond acceptors (Lipinski definition) is 4. The van der Waals surface area contributed by atoms with E-state index in [1.54, 1.807) is 7.11 Å². The molecule has 1 saturated heterocycles. The van der Waals surface area contributed by atoms with E-state index in [1.165, 1.54) is 0 Å². The first kappa shape index (κ1) is 15.6. The van der Waals surface area contributed by atoms with Crippen molar-refractivity contribution in [2.24, 2.45) is 0 Å². The molecule has 3 rings (SSSR count). The zero-order chi connectivity index (χ0) is 16.4. The van der Waals surface area contributed by atoms with Crippen molar-refractivity contribution in [3.63, 3.8) is 0 Å². The Balaban J connectivity index is 1.73. The molecular weight excluding hydrogens is 298 g/mol. The minimum atomic E-state index is -1.12. The van der Waals surface area contributed by atoms with Crippen LogP contribution in [0.1, 0.15) is 24.0 Å². The molecule has 0 bridgehead atoms. The number of imide groups is 1. The molecule has 1 aliphatic carbocycles. The molecule has 1 atom stereocenters. The van der Waals surface area contributed by atoms with Crippen LogP contribution in [0, 0.1) is 0 Å². The van der Waals surface area contributed by atoms with Gasteiger partial charge in [-0.25, -0.2) is 14.5 Å². The van der Waals surface area contributed by atoms with Crippen molar-refractivity contribution in [2.45, 2.75) is 24.9 Å². The number of methoxy groups -OCH3 is 1. The first-order chi connectivity index (χ1) is 11.0. The predicted octanol–water partition coefficient (Wildman–Crippen LogP) is 0.954. The molecule has 23 heavy (non-hydrogen) atoms. The number of carbonyl (C=O) groups is 2. The van der Waals surface area contributed by atoms with E-state index in [0.29, 0.717) is 19.5 Å². The summed E-state index contributed by atoms with van der Waals surface area (Å²) in [5.74, 6) is 0.755. The Morgan fingerprint density at radius 1 is 1.52 bits per heavy atom. The molecule has 1 fully saturated rings. The van der Waals surface area contributed by atoms with Gasteiger partial charge in [0.25, 0.3) is 0 Å². The lowest BCUT2D eigenvalue weighted by Crippen LogP contribution is -2.48. The van der Waals surface area contributed by atoms with Crippen LogP contribution in [0.5, 0.6) is 5.75 Å². The average molecular weight is 319 g/mol. The third-order valence-electron chi connectivity index (χ3n) is 4.48. The van der Waals surface area contributed by atoms with Gasteiger partial charge < -0.3 is 20.5 Å². The van der Waals surface area contributed by atoms with Gasteiger partial charge in [0.05, 0.1) is 13.7 Å². The topological polar surface area (TPSA) is 90.9 Å². The molecule has 0 spiro atoms. The quantitative estimate of drug-likeness (QED) is 0.774. The monoisotopic (exact) mass is 319 g/mol. The molecule has 0 saturated carbocycles. The molecule has 0 aromatic heterocycles. The maximum atomic E-state index is 12.1. The van der Waals surface area contributed by atoms with Gasteiger partial charge in [-0.2, -0.15) is 0 Å². The molecule has 124 valence electrons. The van der Waals surface area contributed by atoms with E-state index in [9.17, 15) is 14.7 Å². The summed E-state index contributed by atoms with van der Waals surface area (Å²) in [5.41, 5.74) is 0.730. The number of carbonyl (C=O) groups excluding carboxylic acids is 2. The molecular formula is C16H21N3O4. The molecule has 1 aromatic carbocycles. The Morgan fingerprint density at radius 2 is 2.35 bits per heavy atom. The highest BCUT2D eigenvalue weighted by atomic mass is 16.5. The number of fused-ring (bicyclic) bond motifs is 1. The highest BCUT2D eigenvalue weighted by molar-refractivity contribution is 5.94. The molecule has 1 heterocycles. The number of benzene rings is 1. The minimum absolute atomic E-state index is 0.0783. The minimum Gasteiger partial charge on any atom is -0.497 e. The summed E-state index contributed by atoms with van der Waals surface area (Å²) in [5, 5.41) is 16.2. The fourth-order valence-corrected chi connectivity index (χ4v) is 3.23. The number of nitrogens with one attached hydrogen (secondary N) is 2. The van der Waals surface area contributed by atoms with Gasteiger partial charge in [0.1, 0.15) is 11.4 Å². The van der Waals surface area contributed by atoms with E-state index >= 15 is 0 Å². The van der Waals surface area contributed by atoms with Crippen LogP contribution in [-0.2, 0) is 12.0 Å².